The Morgan fingerprint density at radius 1 is 1.40 bits per heavy atom. The third-order valence-electron chi connectivity index (χ3n) is 3.25. The second-order valence-corrected chi connectivity index (χ2v) is 5.22. The topological polar surface area (TPSA) is 41.5 Å². The lowest BCUT2D eigenvalue weighted by molar-refractivity contribution is -0.0743. The van der Waals surface area contributed by atoms with E-state index < -0.39 is 5.60 Å². The third-order valence-corrected chi connectivity index (χ3v) is 3.25. The van der Waals surface area contributed by atoms with E-state index in [-0.39, 0.29) is 0 Å². The van der Waals surface area contributed by atoms with Crippen molar-refractivity contribution in [1.82, 2.24) is 5.32 Å². The summed E-state index contributed by atoms with van der Waals surface area (Å²) < 4.78 is 5.47. The van der Waals surface area contributed by atoms with Gasteiger partial charge in [0, 0.05) is 12.1 Å². The summed E-state index contributed by atoms with van der Waals surface area (Å²) >= 11 is 0. The maximum absolute atomic E-state index is 10.5. The molecule has 0 aromatic heterocycles. The molecule has 2 aliphatic heterocycles. The lowest BCUT2D eigenvalue weighted by Gasteiger charge is -2.44. The molecule has 0 aromatic rings. The quantitative estimate of drug-likeness (QED) is 0.675. The average Bonchev–Trinajstić information content (AvgIpc) is 2.14. The number of hydrogen-bond donors (Lipinski definition) is 2. The summed E-state index contributed by atoms with van der Waals surface area (Å²) in [6.07, 6.45) is 4.55. The number of rotatable bonds is 2. The predicted molar refractivity (Wildman–Crippen MR) is 59.8 cm³/mol. The first-order valence-electron chi connectivity index (χ1n) is 5.77. The minimum absolute atomic E-state index is 0.341. The summed E-state index contributed by atoms with van der Waals surface area (Å²) in [6.45, 7) is 5.64. The zero-order chi connectivity index (χ0) is 10.9. The number of fused-ring (bicyclic) bond motifs is 2. The highest BCUT2D eigenvalue weighted by atomic mass is 16.5. The van der Waals surface area contributed by atoms with Gasteiger partial charge in [-0.1, -0.05) is 11.6 Å². The van der Waals surface area contributed by atoms with Crippen LogP contribution in [0.15, 0.2) is 11.6 Å². The largest absolute Gasteiger partial charge is 0.389 e. The summed E-state index contributed by atoms with van der Waals surface area (Å²) in [5.41, 5.74) is 0.769. The SMILES string of the molecule is CC(C)=CCC1(O)CC2COCC(C1)N2. The summed E-state index contributed by atoms with van der Waals surface area (Å²) in [6, 6.07) is 0.682. The van der Waals surface area contributed by atoms with Crippen LogP contribution in [0.4, 0.5) is 0 Å². The van der Waals surface area contributed by atoms with E-state index in [1.54, 1.807) is 0 Å². The smallest absolute Gasteiger partial charge is 0.0713 e. The van der Waals surface area contributed by atoms with Gasteiger partial charge < -0.3 is 15.2 Å². The van der Waals surface area contributed by atoms with Crippen LogP contribution < -0.4 is 5.32 Å². The minimum atomic E-state index is -0.512. The Hall–Kier alpha value is -0.380. The first kappa shape index (κ1) is 11.1. The fourth-order valence-electron chi connectivity index (χ4n) is 2.58. The van der Waals surface area contributed by atoms with E-state index in [1.807, 2.05) is 0 Å². The van der Waals surface area contributed by atoms with Crippen LogP contribution in [0.3, 0.4) is 0 Å². The van der Waals surface area contributed by atoms with Crippen molar-refractivity contribution in [2.45, 2.75) is 50.8 Å². The molecule has 2 bridgehead atoms. The zero-order valence-electron chi connectivity index (χ0n) is 9.62. The van der Waals surface area contributed by atoms with Crippen molar-refractivity contribution in [3.05, 3.63) is 11.6 Å². The Bertz CT molecular complexity index is 246. The number of hydrogen-bond acceptors (Lipinski definition) is 3. The monoisotopic (exact) mass is 211 g/mol. The van der Waals surface area contributed by atoms with E-state index in [2.05, 4.69) is 25.2 Å². The summed E-state index contributed by atoms with van der Waals surface area (Å²) in [5, 5.41) is 14.0. The molecule has 15 heavy (non-hydrogen) atoms. The second-order valence-electron chi connectivity index (χ2n) is 5.22. The fourth-order valence-corrected chi connectivity index (χ4v) is 2.58. The van der Waals surface area contributed by atoms with Gasteiger partial charge in [0.05, 0.1) is 18.8 Å². The molecule has 0 aromatic carbocycles. The molecule has 3 heteroatoms. The maximum atomic E-state index is 10.5. The van der Waals surface area contributed by atoms with Crippen LogP contribution >= 0.6 is 0 Å². The summed E-state index contributed by atoms with van der Waals surface area (Å²) in [7, 11) is 0. The highest BCUT2D eigenvalue weighted by molar-refractivity contribution is 5.04. The van der Waals surface area contributed by atoms with Crippen LogP contribution in [-0.2, 0) is 4.74 Å². The number of piperidine rings is 1. The van der Waals surface area contributed by atoms with Gasteiger partial charge in [0.2, 0.25) is 0 Å². The summed E-state index contributed by atoms with van der Waals surface area (Å²) in [4.78, 5) is 0. The first-order chi connectivity index (χ1) is 7.07. The summed E-state index contributed by atoms with van der Waals surface area (Å²) in [5.74, 6) is 0. The van der Waals surface area contributed by atoms with Crippen molar-refractivity contribution < 1.29 is 9.84 Å². The molecule has 0 spiro atoms. The highest BCUT2D eigenvalue weighted by Crippen LogP contribution is 2.31. The van der Waals surface area contributed by atoms with Gasteiger partial charge in [-0.05, 0) is 33.1 Å². The van der Waals surface area contributed by atoms with Crippen LogP contribution in [0.5, 0.6) is 0 Å². The third kappa shape index (κ3) is 2.80. The molecule has 2 fully saturated rings. The van der Waals surface area contributed by atoms with Crippen molar-refractivity contribution in [1.29, 1.82) is 0 Å². The molecule has 0 saturated carbocycles. The van der Waals surface area contributed by atoms with Gasteiger partial charge in [0.25, 0.3) is 0 Å². The Balaban J connectivity index is 1.99. The second kappa shape index (κ2) is 4.24. The molecular weight excluding hydrogens is 190 g/mol. The Morgan fingerprint density at radius 2 is 2.00 bits per heavy atom. The molecule has 0 amide bonds. The predicted octanol–water partition coefficient (Wildman–Crippen LogP) is 1.22. The Kier molecular flexibility index (Phi) is 3.14. The standard InChI is InChI=1S/C12H21NO2/c1-9(2)3-4-12(14)5-10-7-15-8-11(6-12)13-10/h3,10-11,13-14H,4-8H2,1-2H3. The van der Waals surface area contributed by atoms with Gasteiger partial charge in [-0.2, -0.15) is 0 Å². The molecule has 2 unspecified atom stereocenters. The van der Waals surface area contributed by atoms with Crippen LogP contribution in [0, 0.1) is 0 Å². The number of nitrogens with one attached hydrogen (secondary N) is 1. The molecule has 2 rings (SSSR count). The lowest BCUT2D eigenvalue weighted by Crippen LogP contribution is -2.59. The highest BCUT2D eigenvalue weighted by Gasteiger charge is 2.40. The molecule has 2 aliphatic rings. The van der Waals surface area contributed by atoms with E-state index >= 15 is 0 Å². The fraction of sp³-hybridized carbons (Fsp3) is 0.833. The maximum Gasteiger partial charge on any atom is 0.0713 e. The zero-order valence-corrected chi connectivity index (χ0v) is 9.62. The van der Waals surface area contributed by atoms with Crippen molar-refractivity contribution in [3.63, 3.8) is 0 Å². The van der Waals surface area contributed by atoms with Crippen LogP contribution in [0.2, 0.25) is 0 Å². The number of ether oxygens (including phenoxy) is 1. The van der Waals surface area contributed by atoms with Gasteiger partial charge in [-0.3, -0.25) is 0 Å². The van der Waals surface area contributed by atoms with E-state index in [1.165, 1.54) is 5.57 Å². The van der Waals surface area contributed by atoms with Gasteiger partial charge in [-0.15, -0.1) is 0 Å². The van der Waals surface area contributed by atoms with E-state index in [4.69, 9.17) is 4.74 Å². The molecule has 2 atom stereocenters. The van der Waals surface area contributed by atoms with Crippen molar-refractivity contribution >= 4 is 0 Å². The van der Waals surface area contributed by atoms with Crippen molar-refractivity contribution in [2.75, 3.05) is 13.2 Å². The lowest BCUT2D eigenvalue weighted by atomic mass is 9.80. The molecule has 2 N–H and O–H groups in total. The van der Waals surface area contributed by atoms with Gasteiger partial charge >= 0.3 is 0 Å². The van der Waals surface area contributed by atoms with Gasteiger partial charge in [0.15, 0.2) is 0 Å². The van der Waals surface area contributed by atoms with Crippen LogP contribution in [0.25, 0.3) is 0 Å². The van der Waals surface area contributed by atoms with Crippen molar-refractivity contribution in [2.24, 2.45) is 0 Å². The van der Waals surface area contributed by atoms with Crippen LogP contribution in [0.1, 0.15) is 33.1 Å². The van der Waals surface area contributed by atoms with E-state index in [9.17, 15) is 5.11 Å². The van der Waals surface area contributed by atoms with E-state index in [0.29, 0.717) is 12.1 Å². The molecule has 0 aliphatic carbocycles. The average molecular weight is 211 g/mol. The van der Waals surface area contributed by atoms with Gasteiger partial charge in [-0.25, -0.2) is 0 Å². The minimum Gasteiger partial charge on any atom is -0.389 e. The molecule has 2 heterocycles. The number of aliphatic hydroxyl groups is 1. The molecule has 86 valence electrons. The van der Waals surface area contributed by atoms with Crippen molar-refractivity contribution in [3.8, 4) is 0 Å². The van der Waals surface area contributed by atoms with Crippen LogP contribution in [-0.4, -0.2) is 36.0 Å². The Labute approximate surface area is 91.5 Å². The molecule has 2 saturated heterocycles. The number of morpholine rings is 1. The first-order valence-corrected chi connectivity index (χ1v) is 5.77. The molecular formula is C12H21NO2. The number of allylic oxidation sites excluding steroid dienone is 1. The van der Waals surface area contributed by atoms with E-state index in [0.717, 1.165) is 32.5 Å². The normalized spacial score (nSPS) is 39.9. The molecule has 3 nitrogen and oxygen atoms in total. The Morgan fingerprint density at radius 3 is 2.53 bits per heavy atom. The van der Waals surface area contributed by atoms with Gasteiger partial charge in [0.1, 0.15) is 0 Å². The molecule has 0 radical (unpaired) electrons.